The highest BCUT2D eigenvalue weighted by atomic mass is 15.2. The van der Waals surface area contributed by atoms with Crippen LogP contribution in [0.5, 0.6) is 0 Å². The molecule has 0 heterocycles. The fraction of sp³-hybridized carbons (Fsp3) is 0.0417. The molecule has 0 bridgehead atoms. The summed E-state index contributed by atoms with van der Waals surface area (Å²) in [5.74, 6) is 0. The molecule has 50 heavy (non-hydrogen) atoms. The van der Waals surface area contributed by atoms with Crippen molar-refractivity contribution in [2.75, 3.05) is 9.80 Å². The van der Waals surface area contributed by atoms with Crippen LogP contribution in [0, 0.1) is 0 Å². The summed E-state index contributed by atoms with van der Waals surface area (Å²) in [5, 5.41) is 7.61. The third-order valence-corrected chi connectivity index (χ3v) is 10.5. The smallest absolute Gasteiger partial charge is 0.0782 e. The fourth-order valence-corrected chi connectivity index (χ4v) is 8.22. The summed E-state index contributed by atoms with van der Waals surface area (Å²) in [6.45, 7) is 0. The van der Waals surface area contributed by atoms with Crippen molar-refractivity contribution in [1.82, 2.24) is 0 Å². The topological polar surface area (TPSA) is 6.48 Å². The van der Waals surface area contributed by atoms with Gasteiger partial charge in [-0.1, -0.05) is 140 Å². The molecule has 8 aromatic carbocycles. The van der Waals surface area contributed by atoms with Gasteiger partial charge in [-0.3, -0.25) is 0 Å². The Bertz CT molecular complexity index is 2630. The molecule has 0 spiro atoms. The van der Waals surface area contributed by atoms with Crippen molar-refractivity contribution in [3.63, 3.8) is 0 Å². The van der Waals surface area contributed by atoms with E-state index in [1.165, 1.54) is 71.6 Å². The maximum absolute atomic E-state index is 2.53. The molecule has 236 valence electrons. The Hall–Kier alpha value is -6.38. The standard InChI is InChI=1S/C48H34N2/c1-3-16-38(17-4-1)49(40-27-22-33-12-7-8-14-37(33)32-40)45-30-25-35-24-29-43-46(31-26-36-23-28-42(45)47(35)48(36)43)50(39-18-5-2-6-19-39)44-21-11-15-34-13-9-10-20-41(34)44/h1-23,25-32,46H,24H2. The number of benzene rings is 8. The van der Waals surface area contributed by atoms with Crippen LogP contribution in [0.25, 0.3) is 44.0 Å². The minimum Gasteiger partial charge on any atom is -0.330 e. The normalized spacial score (nSPS) is 14.6. The van der Waals surface area contributed by atoms with Crippen LogP contribution in [-0.2, 0) is 6.42 Å². The highest BCUT2D eigenvalue weighted by Gasteiger charge is 2.32. The van der Waals surface area contributed by atoms with E-state index in [0.717, 1.165) is 17.8 Å². The number of anilines is 5. The number of hydrogen-bond acceptors (Lipinski definition) is 2. The second-order valence-electron chi connectivity index (χ2n) is 13.3. The second-order valence-corrected chi connectivity index (χ2v) is 13.3. The first-order chi connectivity index (χ1) is 24.8. The average molecular weight is 639 g/mol. The summed E-state index contributed by atoms with van der Waals surface area (Å²) in [7, 11) is 0. The third-order valence-electron chi connectivity index (χ3n) is 10.5. The van der Waals surface area contributed by atoms with E-state index < -0.39 is 0 Å². The second kappa shape index (κ2) is 11.6. The number of hydrogen-bond donors (Lipinski definition) is 0. The van der Waals surface area contributed by atoms with Crippen molar-refractivity contribution in [3.8, 4) is 0 Å². The largest absolute Gasteiger partial charge is 0.330 e. The minimum absolute atomic E-state index is 0.0313. The van der Waals surface area contributed by atoms with E-state index in [1.807, 2.05) is 0 Å². The summed E-state index contributed by atoms with van der Waals surface area (Å²) in [5.41, 5.74) is 11.3. The summed E-state index contributed by atoms with van der Waals surface area (Å²) in [6.07, 6.45) is 8.12. The predicted molar refractivity (Wildman–Crippen MR) is 213 cm³/mol. The summed E-state index contributed by atoms with van der Waals surface area (Å²) < 4.78 is 0. The molecule has 10 rings (SSSR count). The van der Waals surface area contributed by atoms with Crippen molar-refractivity contribution in [1.29, 1.82) is 0 Å². The maximum Gasteiger partial charge on any atom is 0.0782 e. The SMILES string of the molecule is C1=CC(N(c2ccccc2)c2cccc3ccccc23)C2=CCc3ccc(N(c4ccccc4)c4ccc5ccccc5c4)c4ccc1c2c34. The third kappa shape index (κ3) is 4.57. The van der Waals surface area contributed by atoms with Gasteiger partial charge in [0.05, 0.1) is 11.7 Å². The lowest BCUT2D eigenvalue weighted by Gasteiger charge is -2.39. The van der Waals surface area contributed by atoms with Gasteiger partial charge in [-0.25, -0.2) is 0 Å². The molecule has 0 radical (unpaired) electrons. The van der Waals surface area contributed by atoms with E-state index in [9.17, 15) is 0 Å². The van der Waals surface area contributed by atoms with E-state index in [2.05, 4.69) is 198 Å². The quantitative estimate of drug-likeness (QED) is 0.179. The number of nitrogens with zero attached hydrogens (tertiary/aromatic N) is 2. The zero-order valence-corrected chi connectivity index (χ0v) is 27.6. The molecule has 0 aliphatic heterocycles. The Morgan fingerprint density at radius 2 is 1.20 bits per heavy atom. The Morgan fingerprint density at radius 3 is 2.04 bits per heavy atom. The van der Waals surface area contributed by atoms with Crippen LogP contribution >= 0.6 is 0 Å². The van der Waals surface area contributed by atoms with Crippen LogP contribution in [0.15, 0.2) is 182 Å². The fourth-order valence-electron chi connectivity index (χ4n) is 8.22. The highest BCUT2D eigenvalue weighted by Crippen LogP contribution is 2.49. The molecule has 2 aliphatic rings. The van der Waals surface area contributed by atoms with Gasteiger partial charge in [0.1, 0.15) is 0 Å². The summed E-state index contributed by atoms with van der Waals surface area (Å²) in [4.78, 5) is 4.96. The Morgan fingerprint density at radius 1 is 0.480 bits per heavy atom. The lowest BCUT2D eigenvalue weighted by atomic mass is 9.78. The first-order valence-corrected chi connectivity index (χ1v) is 17.5. The lowest BCUT2D eigenvalue weighted by molar-refractivity contribution is 0.955. The van der Waals surface area contributed by atoms with Gasteiger partial charge in [0.2, 0.25) is 0 Å². The van der Waals surface area contributed by atoms with Gasteiger partial charge in [0.25, 0.3) is 0 Å². The van der Waals surface area contributed by atoms with Crippen molar-refractivity contribution in [2.45, 2.75) is 12.5 Å². The van der Waals surface area contributed by atoms with Crippen LogP contribution in [0.4, 0.5) is 28.4 Å². The first kappa shape index (κ1) is 28.6. The maximum atomic E-state index is 2.53. The summed E-state index contributed by atoms with van der Waals surface area (Å²) in [6, 6.07) is 61.9. The Balaban J connectivity index is 1.18. The Kier molecular flexibility index (Phi) is 6.67. The van der Waals surface area contributed by atoms with E-state index >= 15 is 0 Å². The zero-order chi connectivity index (χ0) is 33.0. The molecular weight excluding hydrogens is 605 g/mol. The lowest BCUT2D eigenvalue weighted by Crippen LogP contribution is -2.33. The van der Waals surface area contributed by atoms with E-state index in [0.29, 0.717) is 0 Å². The van der Waals surface area contributed by atoms with Gasteiger partial charge in [-0.15, -0.1) is 0 Å². The average Bonchev–Trinajstić information content (AvgIpc) is 3.19. The molecule has 0 saturated heterocycles. The molecular formula is C48H34N2. The predicted octanol–water partition coefficient (Wildman–Crippen LogP) is 12.8. The molecule has 1 unspecified atom stereocenters. The summed E-state index contributed by atoms with van der Waals surface area (Å²) >= 11 is 0. The number of fused-ring (bicyclic) bond motifs is 2. The molecule has 8 aromatic rings. The van der Waals surface area contributed by atoms with E-state index in [-0.39, 0.29) is 6.04 Å². The minimum atomic E-state index is 0.0313. The van der Waals surface area contributed by atoms with Crippen LogP contribution < -0.4 is 9.80 Å². The number of allylic oxidation sites excluding steroid dienone is 1. The van der Waals surface area contributed by atoms with Gasteiger partial charge in [-0.2, -0.15) is 0 Å². The van der Waals surface area contributed by atoms with Gasteiger partial charge in [0.15, 0.2) is 0 Å². The molecule has 0 fully saturated rings. The van der Waals surface area contributed by atoms with Crippen molar-refractivity contribution >= 4 is 72.4 Å². The van der Waals surface area contributed by atoms with E-state index in [1.54, 1.807) is 0 Å². The highest BCUT2D eigenvalue weighted by molar-refractivity contribution is 6.11. The van der Waals surface area contributed by atoms with Crippen molar-refractivity contribution < 1.29 is 0 Å². The van der Waals surface area contributed by atoms with Crippen LogP contribution in [-0.4, -0.2) is 6.04 Å². The van der Waals surface area contributed by atoms with Crippen LogP contribution in [0.3, 0.4) is 0 Å². The molecule has 2 nitrogen and oxygen atoms in total. The Labute approximate surface area is 292 Å². The van der Waals surface area contributed by atoms with Gasteiger partial charge in [0, 0.05) is 33.5 Å². The molecule has 0 saturated carbocycles. The van der Waals surface area contributed by atoms with Gasteiger partial charge < -0.3 is 9.80 Å². The van der Waals surface area contributed by atoms with E-state index in [4.69, 9.17) is 0 Å². The van der Waals surface area contributed by atoms with Gasteiger partial charge >= 0.3 is 0 Å². The molecule has 0 aromatic heterocycles. The first-order valence-electron chi connectivity index (χ1n) is 17.5. The van der Waals surface area contributed by atoms with Crippen molar-refractivity contribution in [2.24, 2.45) is 0 Å². The molecule has 2 aliphatic carbocycles. The molecule has 0 N–H and O–H groups in total. The van der Waals surface area contributed by atoms with Gasteiger partial charge in [-0.05, 0) is 98.8 Å². The van der Waals surface area contributed by atoms with Crippen LogP contribution in [0.1, 0.15) is 16.7 Å². The van der Waals surface area contributed by atoms with Crippen LogP contribution in [0.2, 0.25) is 0 Å². The number of para-hydroxylation sites is 2. The monoisotopic (exact) mass is 638 g/mol. The molecule has 0 amide bonds. The number of rotatable bonds is 6. The molecule has 1 atom stereocenters. The van der Waals surface area contributed by atoms with Crippen molar-refractivity contribution in [3.05, 3.63) is 199 Å². The zero-order valence-electron chi connectivity index (χ0n) is 27.6. The molecule has 2 heteroatoms.